The fourth-order valence-electron chi connectivity index (χ4n) is 2.34. The fraction of sp³-hybridized carbons (Fsp3) is 0.350. The van der Waals surface area contributed by atoms with Gasteiger partial charge in [-0.15, -0.1) is 0 Å². The Hall–Kier alpha value is -2.38. The van der Waals surface area contributed by atoms with Crippen molar-refractivity contribution in [2.75, 3.05) is 11.9 Å². The van der Waals surface area contributed by atoms with Gasteiger partial charge in [-0.25, -0.2) is 13.1 Å². The van der Waals surface area contributed by atoms with Gasteiger partial charge in [-0.1, -0.05) is 26.0 Å². The van der Waals surface area contributed by atoms with E-state index in [9.17, 15) is 13.2 Å². The second-order valence-corrected chi connectivity index (χ2v) is 7.94. The summed E-state index contributed by atoms with van der Waals surface area (Å²) in [5.74, 6) is 0.313. The predicted octanol–water partition coefficient (Wildman–Crippen LogP) is 3.34. The van der Waals surface area contributed by atoms with Gasteiger partial charge in [0.15, 0.2) is 6.10 Å². The van der Waals surface area contributed by atoms with E-state index in [4.69, 9.17) is 4.74 Å². The van der Waals surface area contributed by atoms with Crippen LogP contribution in [0.5, 0.6) is 5.75 Å². The quantitative estimate of drug-likeness (QED) is 0.688. The number of ether oxygens (including phenoxy) is 1. The number of benzene rings is 2. The standard InChI is InChI=1S/C20H26N2O4S/c1-4-14-21-27(24,25)19-12-8-17(9-13-19)22-20(23)15(3)26-18-10-6-16(5-2)7-11-18/h6-13,15,21H,4-5,14H2,1-3H3,(H,22,23)/t15-/m0/s1. The summed E-state index contributed by atoms with van der Waals surface area (Å²) in [6, 6.07) is 13.6. The SMILES string of the molecule is CCCNS(=O)(=O)c1ccc(NC(=O)[C@H](C)Oc2ccc(CC)cc2)cc1. The molecule has 0 radical (unpaired) electrons. The molecule has 0 bridgehead atoms. The van der Waals surface area contributed by atoms with Crippen LogP contribution in [0.15, 0.2) is 53.4 Å². The first kappa shape index (κ1) is 20.9. The third-order valence-electron chi connectivity index (χ3n) is 3.99. The number of amides is 1. The van der Waals surface area contributed by atoms with Crippen LogP contribution in [0.2, 0.25) is 0 Å². The van der Waals surface area contributed by atoms with E-state index in [1.807, 2.05) is 31.2 Å². The molecule has 0 aliphatic rings. The van der Waals surface area contributed by atoms with E-state index in [-0.39, 0.29) is 10.8 Å². The first-order chi connectivity index (χ1) is 12.9. The molecule has 0 saturated heterocycles. The topological polar surface area (TPSA) is 84.5 Å². The Morgan fingerprint density at radius 1 is 1.04 bits per heavy atom. The van der Waals surface area contributed by atoms with E-state index in [1.165, 1.54) is 17.7 Å². The zero-order chi connectivity index (χ0) is 19.9. The lowest BCUT2D eigenvalue weighted by atomic mass is 10.2. The Morgan fingerprint density at radius 3 is 2.22 bits per heavy atom. The van der Waals surface area contributed by atoms with Crippen molar-refractivity contribution in [3.63, 3.8) is 0 Å². The van der Waals surface area contributed by atoms with Crippen LogP contribution >= 0.6 is 0 Å². The van der Waals surface area contributed by atoms with Gasteiger partial charge in [-0.3, -0.25) is 4.79 Å². The highest BCUT2D eigenvalue weighted by molar-refractivity contribution is 7.89. The first-order valence-electron chi connectivity index (χ1n) is 9.02. The highest BCUT2D eigenvalue weighted by Gasteiger charge is 2.16. The molecular formula is C20H26N2O4S. The average molecular weight is 391 g/mol. The fourth-order valence-corrected chi connectivity index (χ4v) is 3.48. The molecule has 146 valence electrons. The number of hydrogen-bond acceptors (Lipinski definition) is 4. The normalized spacial score (nSPS) is 12.4. The van der Waals surface area contributed by atoms with Gasteiger partial charge in [-0.2, -0.15) is 0 Å². The number of carbonyl (C=O) groups is 1. The molecule has 27 heavy (non-hydrogen) atoms. The van der Waals surface area contributed by atoms with Gasteiger partial charge in [-0.05, 0) is 61.7 Å². The molecule has 0 spiro atoms. The van der Waals surface area contributed by atoms with Gasteiger partial charge in [0.05, 0.1) is 4.90 Å². The Bertz CT molecular complexity index is 847. The summed E-state index contributed by atoms with van der Waals surface area (Å²) < 4.78 is 32.3. The van der Waals surface area contributed by atoms with E-state index in [0.717, 1.165) is 6.42 Å². The molecule has 2 aromatic rings. The van der Waals surface area contributed by atoms with Crippen LogP contribution in [-0.4, -0.2) is 27.0 Å². The number of rotatable bonds is 9. The van der Waals surface area contributed by atoms with E-state index < -0.39 is 16.1 Å². The van der Waals surface area contributed by atoms with E-state index >= 15 is 0 Å². The molecule has 2 rings (SSSR count). The summed E-state index contributed by atoms with van der Waals surface area (Å²) in [4.78, 5) is 12.5. The number of hydrogen-bond donors (Lipinski definition) is 2. The average Bonchev–Trinajstić information content (AvgIpc) is 2.67. The molecule has 0 aliphatic carbocycles. The molecule has 0 heterocycles. The van der Waals surface area contributed by atoms with Crippen LogP contribution < -0.4 is 14.8 Å². The molecule has 0 unspecified atom stereocenters. The smallest absolute Gasteiger partial charge is 0.265 e. The van der Waals surface area contributed by atoms with E-state index in [2.05, 4.69) is 17.0 Å². The van der Waals surface area contributed by atoms with Gasteiger partial charge in [0.2, 0.25) is 10.0 Å². The molecule has 0 aliphatic heterocycles. The van der Waals surface area contributed by atoms with Crippen molar-refractivity contribution >= 4 is 21.6 Å². The first-order valence-corrected chi connectivity index (χ1v) is 10.5. The zero-order valence-corrected chi connectivity index (χ0v) is 16.7. The van der Waals surface area contributed by atoms with Crippen LogP contribution in [0.1, 0.15) is 32.8 Å². The molecule has 2 N–H and O–H groups in total. The van der Waals surface area contributed by atoms with Crippen LogP contribution in [0, 0.1) is 0 Å². The number of aryl methyl sites for hydroxylation is 1. The Labute approximate surface area is 161 Å². The van der Waals surface area contributed by atoms with Crippen molar-refractivity contribution in [2.45, 2.75) is 44.6 Å². The lowest BCUT2D eigenvalue weighted by Crippen LogP contribution is -2.30. The number of sulfonamides is 1. The lowest BCUT2D eigenvalue weighted by Gasteiger charge is -2.15. The van der Waals surface area contributed by atoms with Gasteiger partial charge >= 0.3 is 0 Å². The molecule has 2 aromatic carbocycles. The maximum atomic E-state index is 12.3. The minimum absolute atomic E-state index is 0.161. The van der Waals surface area contributed by atoms with Crippen LogP contribution in [0.3, 0.4) is 0 Å². The van der Waals surface area contributed by atoms with E-state index in [1.54, 1.807) is 19.1 Å². The van der Waals surface area contributed by atoms with E-state index in [0.29, 0.717) is 24.4 Å². The van der Waals surface area contributed by atoms with Crippen molar-refractivity contribution in [3.8, 4) is 5.75 Å². The predicted molar refractivity (Wildman–Crippen MR) is 106 cm³/mol. The van der Waals surface area contributed by atoms with Crippen molar-refractivity contribution < 1.29 is 17.9 Å². The maximum Gasteiger partial charge on any atom is 0.265 e. The van der Waals surface area contributed by atoms with Crippen molar-refractivity contribution in [1.82, 2.24) is 4.72 Å². The molecule has 1 atom stereocenters. The Balaban J connectivity index is 1.96. The zero-order valence-electron chi connectivity index (χ0n) is 15.9. The monoisotopic (exact) mass is 390 g/mol. The van der Waals surface area contributed by atoms with Crippen molar-refractivity contribution in [2.24, 2.45) is 0 Å². The van der Waals surface area contributed by atoms with Gasteiger partial charge < -0.3 is 10.1 Å². The highest BCUT2D eigenvalue weighted by atomic mass is 32.2. The third kappa shape index (κ3) is 6.08. The number of carbonyl (C=O) groups excluding carboxylic acids is 1. The minimum Gasteiger partial charge on any atom is -0.481 e. The van der Waals surface area contributed by atoms with Crippen molar-refractivity contribution in [3.05, 3.63) is 54.1 Å². The number of anilines is 1. The molecule has 0 fully saturated rings. The Kier molecular flexibility index (Phi) is 7.38. The van der Waals surface area contributed by atoms with Gasteiger partial charge in [0, 0.05) is 12.2 Å². The molecule has 0 saturated carbocycles. The van der Waals surface area contributed by atoms with Crippen LogP contribution in [0.25, 0.3) is 0 Å². The summed E-state index contributed by atoms with van der Waals surface area (Å²) in [5.41, 5.74) is 1.70. The van der Waals surface area contributed by atoms with Gasteiger partial charge in [0.25, 0.3) is 5.91 Å². The lowest BCUT2D eigenvalue weighted by molar-refractivity contribution is -0.122. The second-order valence-electron chi connectivity index (χ2n) is 6.17. The summed E-state index contributed by atoms with van der Waals surface area (Å²) in [5, 5.41) is 2.73. The minimum atomic E-state index is -3.52. The molecule has 6 nitrogen and oxygen atoms in total. The summed E-state index contributed by atoms with van der Waals surface area (Å²) >= 11 is 0. The summed E-state index contributed by atoms with van der Waals surface area (Å²) in [7, 11) is -3.52. The third-order valence-corrected chi connectivity index (χ3v) is 5.46. The van der Waals surface area contributed by atoms with Crippen molar-refractivity contribution in [1.29, 1.82) is 0 Å². The van der Waals surface area contributed by atoms with Gasteiger partial charge in [0.1, 0.15) is 5.75 Å². The number of nitrogens with one attached hydrogen (secondary N) is 2. The second kappa shape index (κ2) is 9.53. The molecule has 7 heteroatoms. The van der Waals surface area contributed by atoms with Crippen LogP contribution in [0.4, 0.5) is 5.69 Å². The summed E-state index contributed by atoms with van der Waals surface area (Å²) in [6.07, 6.45) is 0.967. The van der Waals surface area contributed by atoms with Crippen LogP contribution in [-0.2, 0) is 21.2 Å². The maximum absolute atomic E-state index is 12.3. The molecular weight excluding hydrogens is 364 g/mol. The Morgan fingerprint density at radius 2 is 1.67 bits per heavy atom. The molecule has 0 aromatic heterocycles. The summed E-state index contributed by atoms with van der Waals surface area (Å²) in [6.45, 7) is 6.01. The molecule has 1 amide bonds. The largest absolute Gasteiger partial charge is 0.481 e. The highest BCUT2D eigenvalue weighted by Crippen LogP contribution is 2.17.